The molecule has 0 aliphatic heterocycles. The average molecular weight is 434 g/mol. The van der Waals surface area contributed by atoms with Crippen molar-refractivity contribution in [1.82, 2.24) is 31.0 Å². The highest BCUT2D eigenvalue weighted by Gasteiger charge is 2.16. The summed E-state index contributed by atoms with van der Waals surface area (Å²) in [7, 11) is 0. The van der Waals surface area contributed by atoms with Crippen molar-refractivity contribution in [3.63, 3.8) is 0 Å². The molecule has 5 aromatic rings. The van der Waals surface area contributed by atoms with Gasteiger partial charge in [0.05, 0.1) is 28.2 Å². The van der Waals surface area contributed by atoms with Crippen molar-refractivity contribution < 1.29 is 9.59 Å². The summed E-state index contributed by atoms with van der Waals surface area (Å²) < 4.78 is 0. The van der Waals surface area contributed by atoms with E-state index in [-0.39, 0.29) is 5.69 Å². The number of fused-ring (bicyclic) bond motifs is 1. The lowest BCUT2D eigenvalue weighted by molar-refractivity contribution is 0.0845. The molecule has 33 heavy (non-hydrogen) atoms. The zero-order valence-corrected chi connectivity index (χ0v) is 17.3. The first-order chi connectivity index (χ1) is 16.2. The molecule has 5 rings (SSSR count). The van der Waals surface area contributed by atoms with Gasteiger partial charge in [0, 0.05) is 17.1 Å². The third-order valence-electron chi connectivity index (χ3n) is 5.07. The third kappa shape index (κ3) is 4.17. The molecule has 2 amide bonds. The number of amides is 2. The number of benzene rings is 2. The Labute approximate surface area is 188 Å². The lowest BCUT2D eigenvalue weighted by Gasteiger charge is -2.10. The number of para-hydroxylation sites is 1. The van der Waals surface area contributed by atoms with Crippen LogP contribution >= 0.6 is 0 Å². The first-order valence-electron chi connectivity index (χ1n) is 10.2. The van der Waals surface area contributed by atoms with E-state index in [0.717, 1.165) is 5.56 Å². The molecule has 0 saturated heterocycles. The number of hydrazine groups is 1. The standard InChI is InChI=1S/C25H18N6O2/c32-24(30-31-25(33)23-15-21(28-29-23)16-8-2-1-3-9-16)18-14-22(20-12-6-7-13-26-20)27-19-11-5-4-10-17(18)19/h1-15H,(H,28,29)(H,30,32)(H,31,33). The average Bonchev–Trinajstić information content (AvgIpc) is 3.38. The summed E-state index contributed by atoms with van der Waals surface area (Å²) in [5, 5.41) is 7.53. The van der Waals surface area contributed by atoms with E-state index in [1.165, 1.54) is 0 Å². The summed E-state index contributed by atoms with van der Waals surface area (Å²) in [5.41, 5.74) is 8.89. The van der Waals surface area contributed by atoms with E-state index in [4.69, 9.17) is 0 Å². The van der Waals surface area contributed by atoms with Crippen LogP contribution in [0.3, 0.4) is 0 Å². The van der Waals surface area contributed by atoms with E-state index >= 15 is 0 Å². The molecule has 3 heterocycles. The number of H-pyrrole nitrogens is 1. The molecule has 8 heteroatoms. The summed E-state index contributed by atoms with van der Waals surface area (Å²) in [6, 6.07) is 25.6. The molecule has 0 spiro atoms. The Hall–Kier alpha value is -4.85. The van der Waals surface area contributed by atoms with Crippen molar-refractivity contribution in [2.24, 2.45) is 0 Å². The minimum absolute atomic E-state index is 0.225. The van der Waals surface area contributed by atoms with Crippen LogP contribution in [-0.4, -0.2) is 32.0 Å². The van der Waals surface area contributed by atoms with Gasteiger partial charge in [-0.05, 0) is 30.3 Å². The highest BCUT2D eigenvalue weighted by Crippen LogP contribution is 2.23. The molecular weight excluding hydrogens is 416 g/mol. The maximum atomic E-state index is 13.0. The van der Waals surface area contributed by atoms with Crippen molar-refractivity contribution in [2.45, 2.75) is 0 Å². The zero-order chi connectivity index (χ0) is 22.6. The molecule has 2 aromatic carbocycles. The molecule has 0 aliphatic carbocycles. The van der Waals surface area contributed by atoms with Gasteiger partial charge >= 0.3 is 0 Å². The number of nitrogens with one attached hydrogen (secondary N) is 3. The fourth-order valence-corrected chi connectivity index (χ4v) is 3.45. The summed E-state index contributed by atoms with van der Waals surface area (Å²) in [6.45, 7) is 0. The predicted octanol–water partition coefficient (Wildman–Crippen LogP) is 3.76. The van der Waals surface area contributed by atoms with Crippen molar-refractivity contribution in [3.8, 4) is 22.6 Å². The Morgan fingerprint density at radius 3 is 2.30 bits per heavy atom. The fraction of sp³-hybridized carbons (Fsp3) is 0. The topological polar surface area (TPSA) is 113 Å². The minimum Gasteiger partial charge on any atom is -0.272 e. The van der Waals surface area contributed by atoms with E-state index in [9.17, 15) is 9.59 Å². The van der Waals surface area contributed by atoms with Gasteiger partial charge in [0.15, 0.2) is 0 Å². The number of rotatable bonds is 4. The Kier molecular flexibility index (Phi) is 5.30. The lowest BCUT2D eigenvalue weighted by Crippen LogP contribution is -2.41. The Balaban J connectivity index is 1.37. The second-order valence-corrected chi connectivity index (χ2v) is 7.23. The van der Waals surface area contributed by atoms with E-state index in [2.05, 4.69) is 31.0 Å². The number of aromatic amines is 1. The molecule has 0 unspecified atom stereocenters. The van der Waals surface area contributed by atoms with E-state index in [1.54, 1.807) is 18.3 Å². The number of pyridine rings is 2. The van der Waals surface area contributed by atoms with E-state index in [0.29, 0.717) is 33.5 Å². The van der Waals surface area contributed by atoms with E-state index < -0.39 is 11.8 Å². The molecule has 0 radical (unpaired) electrons. The number of aromatic nitrogens is 4. The van der Waals surface area contributed by atoms with Crippen LogP contribution in [0.15, 0.2) is 91.1 Å². The van der Waals surface area contributed by atoms with Crippen LogP contribution in [0, 0.1) is 0 Å². The molecular formula is C25H18N6O2. The van der Waals surface area contributed by atoms with Gasteiger partial charge in [0.1, 0.15) is 5.69 Å². The third-order valence-corrected chi connectivity index (χ3v) is 5.07. The Bertz CT molecular complexity index is 1450. The number of hydrogen-bond donors (Lipinski definition) is 3. The minimum atomic E-state index is -0.513. The predicted molar refractivity (Wildman–Crippen MR) is 124 cm³/mol. The maximum absolute atomic E-state index is 13.0. The van der Waals surface area contributed by atoms with Gasteiger partial charge in [-0.25, -0.2) is 4.98 Å². The molecule has 0 aliphatic rings. The number of carbonyl (C=O) groups is 2. The number of carbonyl (C=O) groups excluding carboxylic acids is 2. The van der Waals surface area contributed by atoms with Crippen LogP contribution in [0.2, 0.25) is 0 Å². The van der Waals surface area contributed by atoms with Crippen molar-refractivity contribution in [2.75, 3.05) is 0 Å². The van der Waals surface area contributed by atoms with Crippen LogP contribution < -0.4 is 10.9 Å². The van der Waals surface area contributed by atoms with Crippen molar-refractivity contribution in [3.05, 3.63) is 102 Å². The SMILES string of the molecule is O=C(NNC(=O)c1cc(-c2ccccn2)nc2ccccc12)c1cc(-c2ccccc2)n[nH]1. The molecule has 3 N–H and O–H groups in total. The Morgan fingerprint density at radius 2 is 1.48 bits per heavy atom. The van der Waals surface area contributed by atoms with Crippen LogP contribution in [0.25, 0.3) is 33.5 Å². The number of hydrogen-bond acceptors (Lipinski definition) is 5. The fourth-order valence-electron chi connectivity index (χ4n) is 3.45. The van der Waals surface area contributed by atoms with Gasteiger partial charge in [-0.2, -0.15) is 5.10 Å². The van der Waals surface area contributed by atoms with Gasteiger partial charge in [-0.15, -0.1) is 0 Å². The van der Waals surface area contributed by atoms with Crippen LogP contribution in [0.4, 0.5) is 0 Å². The molecule has 8 nitrogen and oxygen atoms in total. The molecule has 0 bridgehead atoms. The molecule has 160 valence electrons. The number of nitrogens with zero attached hydrogens (tertiary/aromatic N) is 3. The van der Waals surface area contributed by atoms with Gasteiger partial charge in [0.25, 0.3) is 11.8 Å². The monoisotopic (exact) mass is 434 g/mol. The van der Waals surface area contributed by atoms with Crippen LogP contribution in [0.1, 0.15) is 20.8 Å². The van der Waals surface area contributed by atoms with Crippen LogP contribution in [0.5, 0.6) is 0 Å². The van der Waals surface area contributed by atoms with Gasteiger partial charge in [0.2, 0.25) is 0 Å². The second kappa shape index (κ2) is 8.72. The van der Waals surface area contributed by atoms with Gasteiger partial charge in [-0.3, -0.25) is 30.5 Å². The summed E-state index contributed by atoms with van der Waals surface area (Å²) in [5.74, 6) is -0.983. The molecule has 0 atom stereocenters. The van der Waals surface area contributed by atoms with Crippen molar-refractivity contribution in [1.29, 1.82) is 0 Å². The summed E-state index contributed by atoms with van der Waals surface area (Å²) in [4.78, 5) is 34.5. The largest absolute Gasteiger partial charge is 0.287 e. The van der Waals surface area contributed by atoms with Crippen molar-refractivity contribution >= 4 is 22.7 Å². The lowest BCUT2D eigenvalue weighted by atomic mass is 10.1. The second-order valence-electron chi connectivity index (χ2n) is 7.23. The molecule has 0 fully saturated rings. The molecule has 3 aromatic heterocycles. The quantitative estimate of drug-likeness (QED) is 0.373. The van der Waals surface area contributed by atoms with Gasteiger partial charge in [-0.1, -0.05) is 54.6 Å². The summed E-state index contributed by atoms with van der Waals surface area (Å²) >= 11 is 0. The smallest absolute Gasteiger partial charge is 0.272 e. The first-order valence-corrected chi connectivity index (χ1v) is 10.2. The summed E-state index contributed by atoms with van der Waals surface area (Å²) in [6.07, 6.45) is 1.67. The first kappa shape index (κ1) is 20.1. The van der Waals surface area contributed by atoms with E-state index in [1.807, 2.05) is 72.8 Å². The highest BCUT2D eigenvalue weighted by molar-refractivity contribution is 6.08. The highest BCUT2D eigenvalue weighted by atomic mass is 16.2. The molecule has 0 saturated carbocycles. The van der Waals surface area contributed by atoms with Gasteiger partial charge < -0.3 is 0 Å². The normalized spacial score (nSPS) is 10.7. The maximum Gasteiger partial charge on any atom is 0.287 e. The zero-order valence-electron chi connectivity index (χ0n) is 17.3. The van der Waals surface area contributed by atoms with Crippen LogP contribution in [-0.2, 0) is 0 Å². The Morgan fingerprint density at radius 1 is 0.727 bits per heavy atom.